The van der Waals surface area contributed by atoms with Crippen LogP contribution in [0, 0.1) is 0 Å². The first kappa shape index (κ1) is 19.5. The van der Waals surface area contributed by atoms with E-state index >= 15 is 0 Å². The zero-order chi connectivity index (χ0) is 20.3. The summed E-state index contributed by atoms with van der Waals surface area (Å²) in [4.78, 5) is 28.0. The molecule has 3 heterocycles. The van der Waals surface area contributed by atoms with Crippen LogP contribution in [-0.2, 0) is 6.18 Å². The van der Waals surface area contributed by atoms with E-state index in [1.165, 1.54) is 23.4 Å². The van der Waals surface area contributed by atoms with Gasteiger partial charge in [0.25, 0.3) is 5.95 Å². The predicted octanol–water partition coefficient (Wildman–Crippen LogP) is 3.01. The van der Waals surface area contributed by atoms with Crippen LogP contribution in [0.1, 0.15) is 24.4 Å². The van der Waals surface area contributed by atoms with E-state index in [-0.39, 0.29) is 11.8 Å². The summed E-state index contributed by atoms with van der Waals surface area (Å²) in [6, 6.07) is 1.49. The van der Waals surface area contributed by atoms with Gasteiger partial charge in [-0.25, -0.2) is 24.7 Å². The van der Waals surface area contributed by atoms with Gasteiger partial charge in [0.1, 0.15) is 17.3 Å². The van der Waals surface area contributed by atoms with E-state index in [0.29, 0.717) is 18.0 Å². The third-order valence-corrected chi connectivity index (χ3v) is 3.61. The zero-order valence-electron chi connectivity index (χ0n) is 14.1. The van der Waals surface area contributed by atoms with Crippen LogP contribution in [0.2, 0.25) is 5.15 Å². The molecule has 3 aromatic rings. The van der Waals surface area contributed by atoms with Gasteiger partial charge in [-0.15, -0.1) is 0 Å². The second-order valence-corrected chi connectivity index (χ2v) is 5.85. The van der Waals surface area contributed by atoms with Crippen LogP contribution >= 0.6 is 11.6 Å². The van der Waals surface area contributed by atoms with Crippen molar-refractivity contribution >= 4 is 23.4 Å². The van der Waals surface area contributed by atoms with E-state index in [1.807, 2.05) is 0 Å². The summed E-state index contributed by atoms with van der Waals surface area (Å²) in [7, 11) is 0. The molecule has 146 valence electrons. The molecule has 28 heavy (non-hydrogen) atoms. The molecule has 0 aliphatic rings. The minimum absolute atomic E-state index is 0.246. The Balaban J connectivity index is 1.73. The first-order chi connectivity index (χ1) is 13.2. The molecular weight excluding hydrogens is 401 g/mol. The molecule has 0 bridgehead atoms. The summed E-state index contributed by atoms with van der Waals surface area (Å²) >= 11 is 5.60. The third-order valence-electron chi connectivity index (χ3n) is 3.41. The first-order valence-corrected chi connectivity index (χ1v) is 8.11. The van der Waals surface area contributed by atoms with Gasteiger partial charge in [-0.3, -0.25) is 5.32 Å². The quantitative estimate of drug-likeness (QED) is 0.637. The molecule has 9 nitrogen and oxygen atoms in total. The minimum Gasteiger partial charge on any atom is -0.328 e. The number of urea groups is 1. The highest BCUT2D eigenvalue weighted by atomic mass is 35.5. The maximum absolute atomic E-state index is 12.8. The zero-order valence-corrected chi connectivity index (χ0v) is 14.9. The summed E-state index contributed by atoms with van der Waals surface area (Å²) in [5.74, 6) is 0.212. The average Bonchev–Trinajstić information content (AvgIpc) is 3.11. The molecule has 0 aliphatic carbocycles. The van der Waals surface area contributed by atoms with Gasteiger partial charge in [-0.05, 0) is 25.1 Å². The number of aromatic nitrogens is 6. The fourth-order valence-electron chi connectivity index (χ4n) is 2.24. The Morgan fingerprint density at radius 2 is 1.93 bits per heavy atom. The second kappa shape index (κ2) is 7.76. The van der Waals surface area contributed by atoms with Crippen molar-refractivity contribution in [3.05, 3.63) is 53.5 Å². The van der Waals surface area contributed by atoms with Crippen LogP contribution in [-0.4, -0.2) is 35.7 Å². The summed E-state index contributed by atoms with van der Waals surface area (Å²) < 4.78 is 39.9. The molecule has 13 heteroatoms. The normalized spacial score (nSPS) is 12.5. The van der Waals surface area contributed by atoms with Crippen LogP contribution in [0.15, 0.2) is 36.9 Å². The molecule has 2 N–H and O–H groups in total. The molecule has 2 amide bonds. The summed E-state index contributed by atoms with van der Waals surface area (Å²) in [6.07, 6.45) is -0.335. The van der Waals surface area contributed by atoms with Crippen LogP contribution in [0.3, 0.4) is 0 Å². The first-order valence-electron chi connectivity index (χ1n) is 7.73. The highest BCUT2D eigenvalue weighted by Gasteiger charge is 2.31. The van der Waals surface area contributed by atoms with Crippen molar-refractivity contribution in [1.29, 1.82) is 0 Å². The molecule has 0 aliphatic heterocycles. The highest BCUT2D eigenvalue weighted by Crippen LogP contribution is 2.31. The smallest absolute Gasteiger partial charge is 0.328 e. The van der Waals surface area contributed by atoms with Crippen molar-refractivity contribution in [3.8, 4) is 5.95 Å². The topological polar surface area (TPSA) is 111 Å². The number of carbonyl (C=O) groups is 1. The van der Waals surface area contributed by atoms with Crippen LogP contribution < -0.4 is 10.6 Å². The molecule has 0 radical (unpaired) electrons. The van der Waals surface area contributed by atoms with Gasteiger partial charge in [-0.2, -0.15) is 23.0 Å². The molecule has 0 fully saturated rings. The fraction of sp³-hybridized carbons (Fsp3) is 0.200. The molecular formula is C15H12ClF3N8O. The number of carbonyl (C=O) groups excluding carboxylic acids is 1. The van der Waals surface area contributed by atoms with E-state index in [9.17, 15) is 18.0 Å². The van der Waals surface area contributed by atoms with Crippen molar-refractivity contribution < 1.29 is 18.0 Å². The van der Waals surface area contributed by atoms with E-state index in [4.69, 9.17) is 11.6 Å². The number of nitrogens with one attached hydrogen (secondary N) is 2. The number of nitrogens with zero attached hydrogens (tertiary/aromatic N) is 6. The number of anilines is 1. The maximum atomic E-state index is 12.8. The summed E-state index contributed by atoms with van der Waals surface area (Å²) in [5.41, 5.74) is -1.03. The van der Waals surface area contributed by atoms with Gasteiger partial charge in [0.15, 0.2) is 5.82 Å². The van der Waals surface area contributed by atoms with Gasteiger partial charge in [-0.1, -0.05) is 11.6 Å². The van der Waals surface area contributed by atoms with E-state index in [2.05, 4.69) is 35.7 Å². The van der Waals surface area contributed by atoms with Crippen LogP contribution in [0.5, 0.6) is 0 Å². The number of amides is 2. The molecule has 0 saturated heterocycles. The number of pyridine rings is 1. The lowest BCUT2D eigenvalue weighted by molar-refractivity contribution is -0.137. The van der Waals surface area contributed by atoms with E-state index in [1.54, 1.807) is 13.0 Å². The van der Waals surface area contributed by atoms with Crippen LogP contribution in [0.4, 0.5) is 23.8 Å². The largest absolute Gasteiger partial charge is 0.416 e. The lowest BCUT2D eigenvalue weighted by Gasteiger charge is -2.15. The average molecular weight is 413 g/mol. The number of hydrogen-bond acceptors (Lipinski definition) is 6. The van der Waals surface area contributed by atoms with Crippen molar-refractivity contribution in [2.75, 3.05) is 5.32 Å². The van der Waals surface area contributed by atoms with E-state index in [0.717, 1.165) is 0 Å². The van der Waals surface area contributed by atoms with Gasteiger partial charge < -0.3 is 5.32 Å². The Bertz CT molecular complexity index is 979. The van der Waals surface area contributed by atoms with E-state index < -0.39 is 29.0 Å². The molecule has 3 aromatic heterocycles. The molecule has 1 unspecified atom stereocenters. The Labute approximate surface area is 161 Å². The monoisotopic (exact) mass is 412 g/mol. The SMILES string of the molecule is CC(NC(=O)Nc1cc(C(F)(F)F)cc(Cl)n1)c1ncnn1-c1ncccn1. The number of halogens is 4. The predicted molar refractivity (Wildman–Crippen MR) is 91.8 cm³/mol. The number of alkyl halides is 3. The highest BCUT2D eigenvalue weighted by molar-refractivity contribution is 6.29. The number of rotatable bonds is 4. The lowest BCUT2D eigenvalue weighted by atomic mass is 10.2. The van der Waals surface area contributed by atoms with Gasteiger partial charge in [0.05, 0.1) is 11.6 Å². The number of hydrogen-bond donors (Lipinski definition) is 2. The Kier molecular flexibility index (Phi) is 5.40. The van der Waals surface area contributed by atoms with Crippen LogP contribution in [0.25, 0.3) is 5.95 Å². The van der Waals surface area contributed by atoms with Crippen molar-refractivity contribution in [1.82, 2.24) is 35.0 Å². The van der Waals surface area contributed by atoms with Crippen molar-refractivity contribution in [2.45, 2.75) is 19.1 Å². The van der Waals surface area contributed by atoms with Gasteiger partial charge in [0.2, 0.25) is 0 Å². The maximum Gasteiger partial charge on any atom is 0.416 e. The lowest BCUT2D eigenvalue weighted by Crippen LogP contribution is -2.33. The minimum atomic E-state index is -4.63. The second-order valence-electron chi connectivity index (χ2n) is 5.46. The van der Waals surface area contributed by atoms with Gasteiger partial charge in [0, 0.05) is 12.4 Å². The Morgan fingerprint density at radius 1 is 1.21 bits per heavy atom. The fourth-order valence-corrected chi connectivity index (χ4v) is 2.45. The Hall–Kier alpha value is -3.28. The van der Waals surface area contributed by atoms with Gasteiger partial charge >= 0.3 is 12.2 Å². The molecule has 0 saturated carbocycles. The summed E-state index contributed by atoms with van der Waals surface area (Å²) in [5, 5.41) is 8.34. The Morgan fingerprint density at radius 3 is 2.61 bits per heavy atom. The molecule has 0 aromatic carbocycles. The standard InChI is InChI=1S/C15H12ClF3N8O/c1-8(12-22-7-23-27(12)13-20-3-2-4-21-13)24-14(28)26-11-6-9(15(17,18)19)5-10(16)25-11/h2-8H,1H3,(H2,24,25,26,28). The van der Waals surface area contributed by atoms with Crippen molar-refractivity contribution in [2.24, 2.45) is 0 Å². The molecule has 3 rings (SSSR count). The molecule has 1 atom stereocenters. The third kappa shape index (κ3) is 4.52. The van der Waals surface area contributed by atoms with Crippen molar-refractivity contribution in [3.63, 3.8) is 0 Å². The molecule has 0 spiro atoms. The summed E-state index contributed by atoms with van der Waals surface area (Å²) in [6.45, 7) is 1.61.